The van der Waals surface area contributed by atoms with Crippen LogP contribution in [-0.2, 0) is 13.1 Å². The number of benzene rings is 3. The summed E-state index contributed by atoms with van der Waals surface area (Å²) in [7, 11) is 1.35. The van der Waals surface area contributed by atoms with Crippen molar-refractivity contribution in [3.05, 3.63) is 100 Å². The normalized spacial score (nSPS) is 12.9. The molecule has 6 nitrogen and oxygen atoms in total. The van der Waals surface area contributed by atoms with Gasteiger partial charge in [-0.2, -0.15) is 0 Å². The van der Waals surface area contributed by atoms with Gasteiger partial charge in [-0.3, -0.25) is 4.79 Å². The maximum atomic E-state index is 15.3. The van der Waals surface area contributed by atoms with E-state index in [4.69, 9.17) is 21.3 Å². The van der Waals surface area contributed by atoms with E-state index in [0.29, 0.717) is 44.0 Å². The van der Waals surface area contributed by atoms with E-state index in [9.17, 15) is 4.79 Å². The fourth-order valence-corrected chi connectivity index (χ4v) is 4.68. The van der Waals surface area contributed by atoms with Crippen LogP contribution >= 0.6 is 11.6 Å². The SMILES string of the molecule is COc1c(Cl)ccc(-c2nc(C=O)c3c(n2)N(Cc2ccccc2)CCN3Cc2ccccc2)c1F. The first-order valence-electron chi connectivity index (χ1n) is 11.6. The molecular weight excluding hydrogens is 479 g/mol. The lowest BCUT2D eigenvalue weighted by molar-refractivity contribution is 0.111. The smallest absolute Gasteiger partial charge is 0.177 e. The van der Waals surface area contributed by atoms with Gasteiger partial charge in [-0.25, -0.2) is 14.4 Å². The van der Waals surface area contributed by atoms with E-state index in [1.807, 2.05) is 60.7 Å². The summed E-state index contributed by atoms with van der Waals surface area (Å²) in [5.41, 5.74) is 3.17. The number of carbonyl (C=O) groups excluding carboxylic acids is 1. The average molecular weight is 503 g/mol. The quantitative estimate of drug-likeness (QED) is 0.298. The Kier molecular flexibility index (Phi) is 6.82. The van der Waals surface area contributed by atoms with Crippen molar-refractivity contribution < 1.29 is 13.9 Å². The number of rotatable bonds is 7. The van der Waals surface area contributed by atoms with E-state index in [-0.39, 0.29) is 27.9 Å². The molecule has 2 heterocycles. The fourth-order valence-electron chi connectivity index (χ4n) is 4.46. The highest BCUT2D eigenvalue weighted by molar-refractivity contribution is 6.32. The van der Waals surface area contributed by atoms with Crippen molar-refractivity contribution in [3.63, 3.8) is 0 Å². The Labute approximate surface area is 213 Å². The lowest BCUT2D eigenvalue weighted by Crippen LogP contribution is -2.42. The largest absolute Gasteiger partial charge is 0.492 e. The highest BCUT2D eigenvalue weighted by Gasteiger charge is 2.30. The second-order valence-electron chi connectivity index (χ2n) is 8.48. The van der Waals surface area contributed by atoms with Gasteiger partial charge in [0, 0.05) is 26.2 Å². The number of methoxy groups -OCH3 is 1. The number of aldehydes is 1. The van der Waals surface area contributed by atoms with Crippen molar-refractivity contribution in [1.82, 2.24) is 9.97 Å². The predicted octanol–water partition coefficient (Wildman–Crippen LogP) is 5.78. The highest BCUT2D eigenvalue weighted by Crippen LogP contribution is 2.39. The van der Waals surface area contributed by atoms with Crippen LogP contribution in [0.2, 0.25) is 5.02 Å². The molecule has 0 fully saturated rings. The van der Waals surface area contributed by atoms with Crippen LogP contribution in [0, 0.1) is 5.82 Å². The molecule has 0 saturated heterocycles. The van der Waals surface area contributed by atoms with E-state index in [1.165, 1.54) is 19.2 Å². The number of hydrogen-bond acceptors (Lipinski definition) is 6. The van der Waals surface area contributed by atoms with Crippen LogP contribution < -0.4 is 14.5 Å². The molecule has 1 aromatic heterocycles. The van der Waals surface area contributed by atoms with Crippen molar-refractivity contribution in [2.24, 2.45) is 0 Å². The van der Waals surface area contributed by atoms with Gasteiger partial charge in [0.25, 0.3) is 0 Å². The fraction of sp³-hybridized carbons (Fsp3) is 0.179. The van der Waals surface area contributed by atoms with Gasteiger partial charge in [0.15, 0.2) is 29.5 Å². The van der Waals surface area contributed by atoms with Gasteiger partial charge in [-0.05, 0) is 23.3 Å². The Hall–Kier alpha value is -3.97. The Balaban J connectivity index is 1.64. The number of anilines is 2. The second kappa shape index (κ2) is 10.3. The van der Waals surface area contributed by atoms with Gasteiger partial charge in [0.2, 0.25) is 0 Å². The number of carbonyl (C=O) groups is 1. The molecule has 0 saturated carbocycles. The molecule has 1 aliphatic heterocycles. The third kappa shape index (κ3) is 4.62. The topological polar surface area (TPSA) is 58.6 Å². The minimum Gasteiger partial charge on any atom is -0.492 e. The summed E-state index contributed by atoms with van der Waals surface area (Å²) < 4.78 is 20.4. The molecule has 182 valence electrons. The summed E-state index contributed by atoms with van der Waals surface area (Å²) in [5, 5.41) is 0.145. The third-order valence-corrected chi connectivity index (χ3v) is 6.48. The monoisotopic (exact) mass is 502 g/mol. The van der Waals surface area contributed by atoms with Crippen molar-refractivity contribution in [3.8, 4) is 17.1 Å². The number of halogens is 2. The van der Waals surface area contributed by atoms with Gasteiger partial charge < -0.3 is 14.5 Å². The number of ether oxygens (including phenoxy) is 1. The van der Waals surface area contributed by atoms with Gasteiger partial charge in [0.1, 0.15) is 11.4 Å². The Bertz CT molecular complexity index is 1390. The van der Waals surface area contributed by atoms with Crippen molar-refractivity contribution in [1.29, 1.82) is 0 Å². The summed E-state index contributed by atoms with van der Waals surface area (Å²) in [5.74, 6) is -0.0762. The minimum absolute atomic E-state index is 0.0880. The summed E-state index contributed by atoms with van der Waals surface area (Å²) in [4.78, 5) is 25.8. The molecule has 0 spiro atoms. The highest BCUT2D eigenvalue weighted by atomic mass is 35.5. The van der Waals surface area contributed by atoms with Crippen LogP contribution in [0.4, 0.5) is 15.9 Å². The lowest BCUT2D eigenvalue weighted by Gasteiger charge is -2.38. The van der Waals surface area contributed by atoms with Crippen LogP contribution in [0.1, 0.15) is 21.6 Å². The predicted molar refractivity (Wildman–Crippen MR) is 139 cm³/mol. The number of fused-ring (bicyclic) bond motifs is 1. The molecule has 36 heavy (non-hydrogen) atoms. The van der Waals surface area contributed by atoms with E-state index in [1.54, 1.807) is 0 Å². The number of nitrogens with zero attached hydrogens (tertiary/aromatic N) is 4. The molecule has 0 radical (unpaired) electrons. The first kappa shape index (κ1) is 23.8. The van der Waals surface area contributed by atoms with Gasteiger partial charge in [-0.15, -0.1) is 0 Å². The molecule has 0 amide bonds. The minimum atomic E-state index is -0.673. The third-order valence-electron chi connectivity index (χ3n) is 6.19. The molecule has 5 rings (SSSR count). The zero-order valence-corrected chi connectivity index (χ0v) is 20.5. The van der Waals surface area contributed by atoms with Gasteiger partial charge in [-0.1, -0.05) is 72.3 Å². The summed E-state index contributed by atoms with van der Waals surface area (Å²) in [6.45, 7) is 2.55. The number of hydrogen-bond donors (Lipinski definition) is 0. The summed E-state index contributed by atoms with van der Waals surface area (Å²) in [6.07, 6.45) is 0.707. The standard InChI is InChI=1S/C28H24ClFN4O2/c1-36-26-22(29)13-12-21(24(26)30)27-31-23(18-35)25-28(32-27)34(17-20-10-6-3-7-11-20)15-14-33(25)16-19-8-4-2-5-9-19/h2-13,18H,14-17H2,1H3. The Morgan fingerprint density at radius 2 is 1.53 bits per heavy atom. The van der Waals surface area contributed by atoms with Crippen LogP contribution in [0.5, 0.6) is 5.75 Å². The lowest BCUT2D eigenvalue weighted by atomic mass is 10.1. The van der Waals surface area contributed by atoms with Crippen LogP contribution in [0.3, 0.4) is 0 Å². The molecule has 0 N–H and O–H groups in total. The maximum absolute atomic E-state index is 15.3. The van der Waals surface area contributed by atoms with E-state index < -0.39 is 5.82 Å². The molecule has 8 heteroatoms. The Morgan fingerprint density at radius 3 is 2.14 bits per heavy atom. The maximum Gasteiger partial charge on any atom is 0.177 e. The molecular formula is C28H24ClFN4O2. The van der Waals surface area contributed by atoms with Crippen LogP contribution in [0.25, 0.3) is 11.4 Å². The van der Waals surface area contributed by atoms with Crippen molar-refractivity contribution in [2.45, 2.75) is 13.1 Å². The van der Waals surface area contributed by atoms with Crippen molar-refractivity contribution in [2.75, 3.05) is 30.0 Å². The van der Waals surface area contributed by atoms with Gasteiger partial charge in [0.05, 0.1) is 17.7 Å². The molecule has 4 aromatic rings. The van der Waals surface area contributed by atoms with Crippen LogP contribution in [0.15, 0.2) is 72.8 Å². The Morgan fingerprint density at radius 1 is 0.917 bits per heavy atom. The summed E-state index contributed by atoms with van der Waals surface area (Å²) >= 11 is 6.10. The van der Waals surface area contributed by atoms with E-state index >= 15 is 4.39 Å². The van der Waals surface area contributed by atoms with Crippen molar-refractivity contribution >= 4 is 29.4 Å². The molecule has 0 bridgehead atoms. The molecule has 0 atom stereocenters. The second-order valence-corrected chi connectivity index (χ2v) is 8.89. The van der Waals surface area contributed by atoms with E-state index in [2.05, 4.69) is 14.8 Å². The van der Waals surface area contributed by atoms with E-state index in [0.717, 1.165) is 11.1 Å². The zero-order chi connectivity index (χ0) is 25.1. The zero-order valence-electron chi connectivity index (χ0n) is 19.7. The molecule has 0 aliphatic carbocycles. The number of aromatic nitrogens is 2. The van der Waals surface area contributed by atoms with Crippen LogP contribution in [-0.4, -0.2) is 36.5 Å². The molecule has 1 aliphatic rings. The first-order valence-corrected chi connectivity index (χ1v) is 11.9. The molecule has 0 unspecified atom stereocenters. The average Bonchev–Trinajstić information content (AvgIpc) is 2.91. The summed E-state index contributed by atoms with van der Waals surface area (Å²) in [6, 6.07) is 23.1. The van der Waals surface area contributed by atoms with Gasteiger partial charge >= 0.3 is 0 Å². The first-order chi connectivity index (χ1) is 17.6. The molecule has 3 aromatic carbocycles.